The Morgan fingerprint density at radius 3 is 2.63 bits per heavy atom. The number of rotatable bonds is 5. The smallest absolute Gasteiger partial charge is 0.321 e. The van der Waals surface area contributed by atoms with Crippen LogP contribution in [0.2, 0.25) is 0 Å². The minimum Gasteiger partial charge on any atom is -0.494 e. The van der Waals surface area contributed by atoms with Crippen molar-refractivity contribution in [3.63, 3.8) is 0 Å². The number of aromatic amines is 1. The van der Waals surface area contributed by atoms with Crippen molar-refractivity contribution < 1.29 is 9.53 Å². The van der Waals surface area contributed by atoms with Crippen LogP contribution in [-0.2, 0) is 0 Å². The summed E-state index contributed by atoms with van der Waals surface area (Å²) in [5.41, 5.74) is 5.26. The molecule has 1 aliphatic rings. The van der Waals surface area contributed by atoms with E-state index in [1.807, 2.05) is 36.1 Å². The maximum Gasteiger partial charge on any atom is 0.321 e. The van der Waals surface area contributed by atoms with E-state index in [9.17, 15) is 4.79 Å². The first-order valence-corrected chi connectivity index (χ1v) is 10.5. The zero-order valence-corrected chi connectivity index (χ0v) is 17.5. The zero-order chi connectivity index (χ0) is 20.9. The van der Waals surface area contributed by atoms with Crippen molar-refractivity contribution in [3.05, 3.63) is 65.9 Å². The molecule has 1 aromatic heterocycles. The van der Waals surface area contributed by atoms with Gasteiger partial charge in [-0.1, -0.05) is 23.8 Å². The predicted molar refractivity (Wildman–Crippen MR) is 119 cm³/mol. The number of ether oxygens (including phenoxy) is 1. The molecule has 30 heavy (non-hydrogen) atoms. The third-order valence-corrected chi connectivity index (χ3v) is 5.55. The van der Waals surface area contributed by atoms with E-state index in [1.165, 1.54) is 5.56 Å². The van der Waals surface area contributed by atoms with E-state index in [0.29, 0.717) is 12.5 Å². The summed E-state index contributed by atoms with van der Waals surface area (Å²) in [6.07, 6.45) is 1.85. The molecule has 0 aliphatic carbocycles. The minimum absolute atomic E-state index is 0.0531. The van der Waals surface area contributed by atoms with Crippen molar-refractivity contribution >= 4 is 11.7 Å². The third kappa shape index (κ3) is 4.64. The van der Waals surface area contributed by atoms with E-state index < -0.39 is 0 Å². The Morgan fingerprint density at radius 2 is 1.93 bits per heavy atom. The standard InChI is InChI=1S/C24H28N4O2/c1-3-30-21-9-7-20(8-10-21)25-24(29)28-13-11-18(12-14-28)22-16-23(27-26-22)19-6-4-5-17(2)15-19/h4-10,15-16,18H,3,11-14H2,1-2H3,(H,25,29)(H,26,27). The van der Waals surface area contributed by atoms with Gasteiger partial charge >= 0.3 is 6.03 Å². The molecule has 1 saturated heterocycles. The second kappa shape index (κ2) is 9.03. The predicted octanol–water partition coefficient (Wildman–Crippen LogP) is 5.20. The molecule has 0 radical (unpaired) electrons. The summed E-state index contributed by atoms with van der Waals surface area (Å²) in [6, 6.07) is 17.9. The number of urea groups is 1. The van der Waals surface area contributed by atoms with Crippen LogP contribution in [0.15, 0.2) is 54.6 Å². The SMILES string of the molecule is CCOc1ccc(NC(=O)N2CCC(c3cc(-c4cccc(C)c4)n[nH]3)CC2)cc1. The summed E-state index contributed by atoms with van der Waals surface area (Å²) < 4.78 is 5.44. The van der Waals surface area contributed by atoms with Gasteiger partial charge < -0.3 is 15.0 Å². The second-order valence-corrected chi connectivity index (χ2v) is 7.73. The van der Waals surface area contributed by atoms with Crippen LogP contribution in [0.5, 0.6) is 5.75 Å². The van der Waals surface area contributed by atoms with Gasteiger partial charge in [-0.25, -0.2) is 4.79 Å². The lowest BCUT2D eigenvalue weighted by Gasteiger charge is -2.31. The first-order chi connectivity index (χ1) is 14.6. The minimum atomic E-state index is -0.0531. The van der Waals surface area contributed by atoms with E-state index in [1.54, 1.807) is 0 Å². The molecular formula is C24H28N4O2. The molecule has 1 fully saturated rings. The van der Waals surface area contributed by atoms with Crippen molar-refractivity contribution in [2.75, 3.05) is 25.0 Å². The van der Waals surface area contributed by atoms with Crippen molar-refractivity contribution in [3.8, 4) is 17.0 Å². The van der Waals surface area contributed by atoms with E-state index >= 15 is 0 Å². The lowest BCUT2D eigenvalue weighted by Crippen LogP contribution is -2.40. The van der Waals surface area contributed by atoms with Crippen LogP contribution >= 0.6 is 0 Å². The molecule has 2 heterocycles. The first kappa shape index (κ1) is 20.0. The quantitative estimate of drug-likeness (QED) is 0.614. The molecule has 2 amide bonds. The molecule has 0 atom stereocenters. The number of hydrogen-bond acceptors (Lipinski definition) is 3. The maximum atomic E-state index is 12.6. The van der Waals surface area contributed by atoms with Crippen LogP contribution < -0.4 is 10.1 Å². The number of hydrogen-bond donors (Lipinski definition) is 2. The van der Waals surface area contributed by atoms with Crippen LogP contribution in [-0.4, -0.2) is 40.8 Å². The van der Waals surface area contributed by atoms with Crippen molar-refractivity contribution in [2.45, 2.75) is 32.6 Å². The average molecular weight is 405 g/mol. The number of carbonyl (C=O) groups excluding carboxylic acids is 1. The topological polar surface area (TPSA) is 70.2 Å². The Kier molecular flexibility index (Phi) is 6.02. The monoisotopic (exact) mass is 404 g/mol. The first-order valence-electron chi connectivity index (χ1n) is 10.5. The largest absolute Gasteiger partial charge is 0.494 e. The number of nitrogens with zero attached hydrogens (tertiary/aromatic N) is 2. The fourth-order valence-electron chi connectivity index (χ4n) is 3.90. The summed E-state index contributed by atoms with van der Waals surface area (Å²) >= 11 is 0. The van der Waals surface area contributed by atoms with Crippen molar-refractivity contribution in [1.29, 1.82) is 0 Å². The highest BCUT2D eigenvalue weighted by Gasteiger charge is 2.25. The van der Waals surface area contributed by atoms with E-state index in [-0.39, 0.29) is 6.03 Å². The number of benzene rings is 2. The molecular weight excluding hydrogens is 376 g/mol. The summed E-state index contributed by atoms with van der Waals surface area (Å²) in [5.74, 6) is 1.20. The van der Waals surface area contributed by atoms with Crippen molar-refractivity contribution in [2.24, 2.45) is 0 Å². The van der Waals surface area contributed by atoms with E-state index in [2.05, 4.69) is 52.8 Å². The number of H-pyrrole nitrogens is 1. The van der Waals surface area contributed by atoms with Gasteiger partial charge in [-0.2, -0.15) is 5.10 Å². The Hall–Kier alpha value is -3.28. The Balaban J connectivity index is 1.32. The fourth-order valence-corrected chi connectivity index (χ4v) is 3.90. The number of aryl methyl sites for hydroxylation is 1. The summed E-state index contributed by atoms with van der Waals surface area (Å²) in [5, 5.41) is 10.7. The number of likely N-dealkylation sites (tertiary alicyclic amines) is 1. The van der Waals surface area contributed by atoms with Crippen LogP contribution in [0.1, 0.15) is 36.9 Å². The van der Waals surface area contributed by atoms with Gasteiger partial charge in [0, 0.05) is 36.0 Å². The van der Waals surface area contributed by atoms with Crippen LogP contribution in [0, 0.1) is 6.92 Å². The summed E-state index contributed by atoms with van der Waals surface area (Å²) in [4.78, 5) is 14.5. The molecule has 156 valence electrons. The van der Waals surface area contributed by atoms with Crippen LogP contribution in [0.4, 0.5) is 10.5 Å². The highest BCUT2D eigenvalue weighted by Crippen LogP contribution is 2.30. The van der Waals surface area contributed by atoms with Gasteiger partial charge in [0.2, 0.25) is 0 Å². The Labute approximate surface area is 177 Å². The molecule has 6 heteroatoms. The van der Waals surface area contributed by atoms with Gasteiger partial charge in [-0.15, -0.1) is 0 Å². The van der Waals surface area contributed by atoms with E-state index in [0.717, 1.165) is 54.3 Å². The molecule has 3 aromatic rings. The molecule has 0 spiro atoms. The Morgan fingerprint density at radius 1 is 1.17 bits per heavy atom. The molecule has 2 aromatic carbocycles. The van der Waals surface area contributed by atoms with Crippen LogP contribution in [0.3, 0.4) is 0 Å². The highest BCUT2D eigenvalue weighted by atomic mass is 16.5. The highest BCUT2D eigenvalue weighted by molar-refractivity contribution is 5.89. The number of anilines is 1. The summed E-state index contributed by atoms with van der Waals surface area (Å²) in [6.45, 7) is 6.12. The lowest BCUT2D eigenvalue weighted by atomic mass is 9.93. The number of carbonyl (C=O) groups is 1. The van der Waals surface area contributed by atoms with Gasteiger partial charge in [-0.05, 0) is 63.1 Å². The molecule has 1 aliphatic heterocycles. The molecule has 0 saturated carbocycles. The molecule has 4 rings (SSSR count). The number of piperidine rings is 1. The van der Waals surface area contributed by atoms with Gasteiger partial charge in [0.25, 0.3) is 0 Å². The third-order valence-electron chi connectivity index (χ3n) is 5.55. The normalized spacial score (nSPS) is 14.5. The average Bonchev–Trinajstić information content (AvgIpc) is 3.26. The maximum absolute atomic E-state index is 12.6. The molecule has 0 unspecified atom stereocenters. The Bertz CT molecular complexity index is 988. The van der Waals surface area contributed by atoms with Crippen LogP contribution in [0.25, 0.3) is 11.3 Å². The second-order valence-electron chi connectivity index (χ2n) is 7.73. The van der Waals surface area contributed by atoms with Gasteiger partial charge in [0.05, 0.1) is 12.3 Å². The number of amides is 2. The zero-order valence-electron chi connectivity index (χ0n) is 17.5. The van der Waals surface area contributed by atoms with Gasteiger partial charge in [0.1, 0.15) is 5.75 Å². The lowest BCUT2D eigenvalue weighted by molar-refractivity contribution is 0.194. The van der Waals surface area contributed by atoms with Gasteiger partial charge in [0.15, 0.2) is 0 Å². The van der Waals surface area contributed by atoms with Gasteiger partial charge in [-0.3, -0.25) is 5.10 Å². The van der Waals surface area contributed by atoms with Crippen molar-refractivity contribution in [1.82, 2.24) is 15.1 Å². The fraction of sp³-hybridized carbons (Fsp3) is 0.333. The van der Waals surface area contributed by atoms with E-state index in [4.69, 9.17) is 4.74 Å². The molecule has 0 bridgehead atoms. The number of nitrogens with one attached hydrogen (secondary N) is 2. The summed E-state index contributed by atoms with van der Waals surface area (Å²) in [7, 11) is 0. The molecule has 2 N–H and O–H groups in total. The number of aromatic nitrogens is 2. The molecule has 6 nitrogen and oxygen atoms in total.